The molecule has 1 amide bonds. The van der Waals surface area contributed by atoms with E-state index in [2.05, 4.69) is 46.7 Å². The third kappa shape index (κ3) is 6.70. The summed E-state index contributed by atoms with van der Waals surface area (Å²) in [6, 6.07) is 8.87. The average Bonchev–Trinajstić information content (AvgIpc) is 3.27. The molecule has 1 aliphatic heterocycles. The Kier molecular flexibility index (Phi) is 8.76. The Balaban J connectivity index is 1.56. The van der Waals surface area contributed by atoms with Crippen molar-refractivity contribution in [1.29, 1.82) is 0 Å². The molecule has 1 aliphatic carbocycles. The molecule has 0 radical (unpaired) electrons. The number of carbonyl (C=O) groups excluding carboxylic acids is 1. The zero-order chi connectivity index (χ0) is 22.1. The molecule has 31 heavy (non-hydrogen) atoms. The van der Waals surface area contributed by atoms with Gasteiger partial charge in [-0.25, -0.2) is 4.99 Å². The van der Waals surface area contributed by atoms with E-state index in [9.17, 15) is 4.79 Å². The summed E-state index contributed by atoms with van der Waals surface area (Å²) in [6.45, 7) is 7.65. The Labute approximate surface area is 188 Å². The van der Waals surface area contributed by atoms with E-state index in [0.29, 0.717) is 13.1 Å². The second-order valence-corrected chi connectivity index (χ2v) is 9.39. The third-order valence-electron chi connectivity index (χ3n) is 6.66. The Morgan fingerprint density at radius 3 is 2.26 bits per heavy atom. The first-order chi connectivity index (χ1) is 15.0. The summed E-state index contributed by atoms with van der Waals surface area (Å²) in [4.78, 5) is 21.9. The van der Waals surface area contributed by atoms with Crippen LogP contribution in [0.15, 0.2) is 29.3 Å². The molecule has 1 saturated carbocycles. The summed E-state index contributed by atoms with van der Waals surface area (Å²) in [7, 11) is 3.72. The molecule has 2 N–H and O–H groups in total. The van der Waals surface area contributed by atoms with Crippen molar-refractivity contribution in [2.24, 2.45) is 10.4 Å². The minimum atomic E-state index is -0.296. The van der Waals surface area contributed by atoms with E-state index < -0.39 is 0 Å². The Bertz CT molecular complexity index is 716. The number of nitrogens with one attached hydrogen (secondary N) is 2. The summed E-state index contributed by atoms with van der Waals surface area (Å²) >= 11 is 0. The molecule has 2 fully saturated rings. The van der Waals surface area contributed by atoms with Crippen LogP contribution in [0.4, 0.5) is 0 Å². The highest BCUT2D eigenvalue weighted by Gasteiger charge is 2.42. The molecular weight excluding hydrogens is 386 g/mol. The van der Waals surface area contributed by atoms with Crippen LogP contribution in [0.3, 0.4) is 0 Å². The molecule has 0 atom stereocenters. The van der Waals surface area contributed by atoms with Crippen molar-refractivity contribution in [3.05, 3.63) is 35.4 Å². The highest BCUT2D eigenvalue weighted by atomic mass is 16.2. The van der Waals surface area contributed by atoms with E-state index in [-0.39, 0.29) is 11.3 Å². The van der Waals surface area contributed by atoms with E-state index in [0.717, 1.165) is 44.7 Å². The highest BCUT2D eigenvalue weighted by molar-refractivity contribution is 5.85. The van der Waals surface area contributed by atoms with Crippen LogP contribution in [-0.4, -0.2) is 61.9 Å². The molecule has 6 heteroatoms. The highest BCUT2D eigenvalue weighted by Crippen LogP contribution is 2.38. The van der Waals surface area contributed by atoms with Gasteiger partial charge < -0.3 is 15.5 Å². The first kappa shape index (κ1) is 23.6. The molecule has 1 heterocycles. The van der Waals surface area contributed by atoms with E-state index in [1.807, 2.05) is 14.1 Å². The van der Waals surface area contributed by atoms with E-state index in [1.54, 1.807) is 4.90 Å². The fraction of sp³-hybridized carbons (Fsp3) is 0.680. The van der Waals surface area contributed by atoms with Crippen molar-refractivity contribution < 1.29 is 4.79 Å². The maximum atomic E-state index is 12.8. The first-order valence-electron chi connectivity index (χ1n) is 12.1. The van der Waals surface area contributed by atoms with Crippen molar-refractivity contribution in [3.63, 3.8) is 0 Å². The average molecular weight is 428 g/mol. The van der Waals surface area contributed by atoms with Gasteiger partial charge in [-0.3, -0.25) is 9.69 Å². The van der Waals surface area contributed by atoms with Crippen LogP contribution < -0.4 is 10.6 Å². The zero-order valence-electron chi connectivity index (χ0n) is 19.8. The first-order valence-corrected chi connectivity index (χ1v) is 12.1. The molecule has 0 unspecified atom stereocenters. The summed E-state index contributed by atoms with van der Waals surface area (Å²) in [5.74, 6) is 1.02. The van der Waals surface area contributed by atoms with Gasteiger partial charge in [-0.2, -0.15) is 0 Å². The van der Waals surface area contributed by atoms with Crippen LogP contribution in [-0.2, 0) is 17.9 Å². The SMILES string of the molecule is CCNC(=NCc1ccc(CN2CCCCC2)cc1)NCC1(C(=O)N(C)C)CCCC1. The second-order valence-electron chi connectivity index (χ2n) is 9.39. The maximum absolute atomic E-state index is 12.8. The summed E-state index contributed by atoms with van der Waals surface area (Å²) in [6.07, 6.45) is 8.18. The molecule has 0 bridgehead atoms. The molecule has 1 aromatic rings. The quantitative estimate of drug-likeness (QED) is 0.493. The number of rotatable bonds is 8. The van der Waals surface area contributed by atoms with Crippen LogP contribution >= 0.6 is 0 Å². The summed E-state index contributed by atoms with van der Waals surface area (Å²) in [5.41, 5.74) is 2.29. The van der Waals surface area contributed by atoms with Crippen LogP contribution in [0.5, 0.6) is 0 Å². The van der Waals surface area contributed by atoms with Crippen molar-refractivity contribution in [2.75, 3.05) is 40.3 Å². The van der Waals surface area contributed by atoms with E-state index >= 15 is 0 Å². The van der Waals surface area contributed by atoms with Crippen LogP contribution in [0.2, 0.25) is 0 Å². The number of amides is 1. The second kappa shape index (κ2) is 11.5. The van der Waals surface area contributed by atoms with Gasteiger partial charge in [0, 0.05) is 33.7 Å². The van der Waals surface area contributed by atoms with Crippen LogP contribution in [0.25, 0.3) is 0 Å². The zero-order valence-corrected chi connectivity index (χ0v) is 19.8. The molecule has 6 nitrogen and oxygen atoms in total. The molecule has 1 saturated heterocycles. The Morgan fingerprint density at radius 1 is 1.00 bits per heavy atom. The maximum Gasteiger partial charge on any atom is 0.230 e. The van der Waals surface area contributed by atoms with Crippen molar-refractivity contribution >= 4 is 11.9 Å². The number of likely N-dealkylation sites (tertiary alicyclic amines) is 1. The molecule has 172 valence electrons. The Morgan fingerprint density at radius 2 is 1.65 bits per heavy atom. The number of benzene rings is 1. The number of piperidine rings is 1. The molecule has 0 aromatic heterocycles. The molecule has 0 spiro atoms. The number of hydrogen-bond donors (Lipinski definition) is 2. The lowest BCUT2D eigenvalue weighted by atomic mass is 9.84. The van der Waals surface area contributed by atoms with Gasteiger partial charge in [0.25, 0.3) is 0 Å². The fourth-order valence-electron chi connectivity index (χ4n) is 4.88. The molecule has 1 aromatic carbocycles. The summed E-state index contributed by atoms with van der Waals surface area (Å²) < 4.78 is 0. The van der Waals surface area contributed by atoms with Gasteiger partial charge in [0.2, 0.25) is 5.91 Å². The molecule has 2 aliphatic rings. The van der Waals surface area contributed by atoms with Crippen molar-refractivity contribution in [3.8, 4) is 0 Å². The number of nitrogens with zero attached hydrogens (tertiary/aromatic N) is 3. The lowest BCUT2D eigenvalue weighted by Crippen LogP contribution is -2.49. The predicted molar refractivity (Wildman–Crippen MR) is 128 cm³/mol. The van der Waals surface area contributed by atoms with Crippen LogP contribution in [0.1, 0.15) is 63.0 Å². The van der Waals surface area contributed by atoms with Gasteiger partial charge in [0.05, 0.1) is 12.0 Å². The van der Waals surface area contributed by atoms with Gasteiger partial charge in [0.1, 0.15) is 0 Å². The lowest BCUT2D eigenvalue weighted by molar-refractivity contribution is -0.138. The number of guanidine groups is 1. The van der Waals surface area contributed by atoms with Gasteiger partial charge in [-0.15, -0.1) is 0 Å². The standard InChI is InChI=1S/C25H41N5O/c1-4-26-24(28-20-25(14-6-7-15-25)23(31)29(2)3)27-18-21-10-12-22(13-11-21)19-30-16-8-5-9-17-30/h10-13H,4-9,14-20H2,1-3H3,(H2,26,27,28). The minimum absolute atomic E-state index is 0.234. The predicted octanol–water partition coefficient (Wildman–Crippen LogP) is 3.38. The van der Waals surface area contributed by atoms with E-state index in [1.165, 1.54) is 43.5 Å². The monoisotopic (exact) mass is 427 g/mol. The Hall–Kier alpha value is -2.08. The van der Waals surface area contributed by atoms with Gasteiger partial charge >= 0.3 is 0 Å². The normalized spacial score (nSPS) is 19.3. The minimum Gasteiger partial charge on any atom is -0.357 e. The number of aliphatic imine (C=N–C) groups is 1. The van der Waals surface area contributed by atoms with Gasteiger partial charge in [-0.05, 0) is 56.8 Å². The number of carbonyl (C=O) groups is 1. The van der Waals surface area contributed by atoms with Gasteiger partial charge in [0.15, 0.2) is 5.96 Å². The van der Waals surface area contributed by atoms with E-state index in [4.69, 9.17) is 4.99 Å². The number of hydrogen-bond acceptors (Lipinski definition) is 3. The smallest absolute Gasteiger partial charge is 0.230 e. The molecular formula is C25H41N5O. The van der Waals surface area contributed by atoms with Crippen molar-refractivity contribution in [1.82, 2.24) is 20.4 Å². The largest absolute Gasteiger partial charge is 0.357 e. The fourth-order valence-corrected chi connectivity index (χ4v) is 4.88. The lowest BCUT2D eigenvalue weighted by Gasteiger charge is -2.31. The van der Waals surface area contributed by atoms with Crippen molar-refractivity contribution in [2.45, 2.75) is 65.0 Å². The molecule has 3 rings (SSSR count). The summed E-state index contributed by atoms with van der Waals surface area (Å²) in [5, 5.41) is 6.79. The van der Waals surface area contributed by atoms with Crippen LogP contribution in [0, 0.1) is 5.41 Å². The topological polar surface area (TPSA) is 60.0 Å². The third-order valence-corrected chi connectivity index (χ3v) is 6.66. The van der Waals surface area contributed by atoms with Gasteiger partial charge in [-0.1, -0.05) is 43.5 Å².